The summed E-state index contributed by atoms with van der Waals surface area (Å²) >= 11 is 0. The molecule has 0 unspecified atom stereocenters. The minimum atomic E-state index is -0.163. The number of ether oxygens (including phenoxy) is 1. The van der Waals surface area contributed by atoms with Crippen molar-refractivity contribution in [1.29, 1.82) is 0 Å². The van der Waals surface area contributed by atoms with Crippen LogP contribution in [0.5, 0.6) is 0 Å². The minimum Gasteiger partial charge on any atom is -0.370 e. The molecule has 0 saturated carbocycles. The quantitative estimate of drug-likeness (QED) is 0.808. The van der Waals surface area contributed by atoms with E-state index in [9.17, 15) is 4.79 Å². The maximum Gasteiger partial charge on any atom is 0.289 e. The van der Waals surface area contributed by atoms with E-state index < -0.39 is 0 Å². The Hall–Kier alpha value is -1.40. The molecule has 0 aliphatic carbocycles. The number of likely N-dealkylation sites (tertiary alicyclic amines) is 1. The number of hydrogen-bond donors (Lipinski definition) is 1. The van der Waals surface area contributed by atoms with E-state index in [0.717, 1.165) is 44.1 Å². The van der Waals surface area contributed by atoms with Crippen LogP contribution in [0.25, 0.3) is 0 Å². The fraction of sp³-hybridized carbons (Fsp3) is 0.800. The molecule has 0 aromatic carbocycles. The van der Waals surface area contributed by atoms with Crippen LogP contribution < -0.4 is 5.32 Å². The van der Waals surface area contributed by atoms with Gasteiger partial charge in [0.2, 0.25) is 5.76 Å². The van der Waals surface area contributed by atoms with Crippen molar-refractivity contribution in [3.8, 4) is 0 Å². The van der Waals surface area contributed by atoms with Crippen LogP contribution in [0, 0.1) is 17.8 Å². The van der Waals surface area contributed by atoms with Gasteiger partial charge in [-0.25, -0.2) is 0 Å². The highest BCUT2D eigenvalue weighted by atomic mass is 16.5. The number of aromatic nitrogens is 1. The van der Waals surface area contributed by atoms with E-state index in [4.69, 9.17) is 9.26 Å². The van der Waals surface area contributed by atoms with Gasteiger partial charge in [0.15, 0.2) is 0 Å². The highest BCUT2D eigenvalue weighted by Gasteiger charge is 2.62. The van der Waals surface area contributed by atoms with Gasteiger partial charge >= 0.3 is 0 Å². The summed E-state index contributed by atoms with van der Waals surface area (Å²) in [5, 5.41) is 6.97. The molecule has 6 heteroatoms. The summed E-state index contributed by atoms with van der Waals surface area (Å²) in [4.78, 5) is 14.9. The molecule has 2 bridgehead atoms. The summed E-state index contributed by atoms with van der Waals surface area (Å²) in [7, 11) is 0. The number of nitrogens with zero attached hydrogens (tertiary/aromatic N) is 2. The van der Waals surface area contributed by atoms with E-state index >= 15 is 0 Å². The highest BCUT2D eigenvalue weighted by molar-refractivity contribution is 5.91. The third kappa shape index (κ3) is 3.18. The molecule has 1 spiro atoms. The second-order valence-electron chi connectivity index (χ2n) is 8.69. The van der Waals surface area contributed by atoms with Crippen molar-refractivity contribution >= 4 is 5.91 Å². The molecule has 4 heterocycles. The summed E-state index contributed by atoms with van der Waals surface area (Å²) in [6.45, 7) is 10.5. The number of hydrogen-bond acceptors (Lipinski definition) is 5. The molecular formula is C20H31N3O3. The van der Waals surface area contributed by atoms with Crippen molar-refractivity contribution < 1.29 is 14.1 Å². The lowest BCUT2D eigenvalue weighted by molar-refractivity contribution is 0.00247. The van der Waals surface area contributed by atoms with Gasteiger partial charge in [0.25, 0.3) is 5.91 Å². The molecule has 0 radical (unpaired) electrons. The van der Waals surface area contributed by atoms with Crippen LogP contribution in [0.15, 0.2) is 10.6 Å². The molecule has 144 valence electrons. The zero-order valence-corrected chi connectivity index (χ0v) is 16.2. The molecule has 26 heavy (non-hydrogen) atoms. The maximum atomic E-state index is 12.4. The molecule has 4 atom stereocenters. The largest absolute Gasteiger partial charge is 0.370 e. The van der Waals surface area contributed by atoms with Crippen LogP contribution in [0.4, 0.5) is 0 Å². The first-order chi connectivity index (χ1) is 12.5. The third-order valence-electron chi connectivity index (χ3n) is 6.52. The average molecular weight is 361 g/mol. The lowest BCUT2D eigenvalue weighted by Crippen LogP contribution is -2.41. The van der Waals surface area contributed by atoms with Gasteiger partial charge in [-0.2, -0.15) is 0 Å². The summed E-state index contributed by atoms with van der Waals surface area (Å²) in [5.41, 5.74) is 0.854. The van der Waals surface area contributed by atoms with Crippen LogP contribution in [0.2, 0.25) is 0 Å². The standard InChI is InChI=1S/C20H31N3O3/c1-4-14-9-18(26-22-14)19(24)21-10-15-16-11-23(8-6-13(2)3)12-20(16)7-5-17(15)25-20/h9,13,15-17H,4-8,10-12H2,1-3H3,(H,21,24)/t15-,16+,17+,20+/m0/s1. The molecule has 1 N–H and O–H groups in total. The maximum absolute atomic E-state index is 12.4. The fourth-order valence-electron chi connectivity index (χ4n) is 5.05. The number of aryl methyl sites for hydroxylation is 1. The van der Waals surface area contributed by atoms with Gasteiger partial charge in [-0.1, -0.05) is 25.9 Å². The molecule has 1 amide bonds. The summed E-state index contributed by atoms with van der Waals surface area (Å²) in [6, 6.07) is 1.73. The monoisotopic (exact) mass is 361 g/mol. The van der Waals surface area contributed by atoms with E-state index in [1.807, 2.05) is 6.92 Å². The molecule has 3 aliphatic rings. The van der Waals surface area contributed by atoms with Crippen LogP contribution in [-0.2, 0) is 11.2 Å². The number of amides is 1. The van der Waals surface area contributed by atoms with Crippen LogP contribution in [-0.4, -0.2) is 53.8 Å². The molecule has 3 aliphatic heterocycles. The lowest BCUT2D eigenvalue weighted by atomic mass is 9.73. The van der Waals surface area contributed by atoms with Gasteiger partial charge in [-0.05, 0) is 38.1 Å². The second kappa shape index (κ2) is 6.97. The number of carbonyl (C=O) groups excluding carboxylic acids is 1. The van der Waals surface area contributed by atoms with Crippen molar-refractivity contribution in [2.75, 3.05) is 26.2 Å². The number of rotatable bonds is 7. The molecule has 1 aromatic heterocycles. The Labute approximate surface area is 155 Å². The first-order valence-corrected chi connectivity index (χ1v) is 10.1. The molecule has 6 nitrogen and oxygen atoms in total. The Morgan fingerprint density at radius 3 is 3.08 bits per heavy atom. The van der Waals surface area contributed by atoms with Crippen molar-refractivity contribution in [2.24, 2.45) is 17.8 Å². The fourth-order valence-corrected chi connectivity index (χ4v) is 5.05. The van der Waals surface area contributed by atoms with E-state index in [1.54, 1.807) is 6.07 Å². The molecule has 3 saturated heterocycles. The van der Waals surface area contributed by atoms with Crippen molar-refractivity contribution in [1.82, 2.24) is 15.4 Å². The summed E-state index contributed by atoms with van der Waals surface area (Å²) < 4.78 is 11.6. The van der Waals surface area contributed by atoms with Crippen LogP contribution in [0.1, 0.15) is 56.3 Å². The van der Waals surface area contributed by atoms with Gasteiger partial charge in [0.05, 0.1) is 17.4 Å². The predicted molar refractivity (Wildman–Crippen MR) is 97.9 cm³/mol. The first kappa shape index (κ1) is 18.0. The minimum absolute atomic E-state index is 0.0403. The number of fused-ring (bicyclic) bond motifs is 1. The van der Waals surface area contributed by atoms with Gasteiger partial charge in [-0.15, -0.1) is 0 Å². The zero-order chi connectivity index (χ0) is 18.3. The highest BCUT2D eigenvalue weighted by Crippen LogP contribution is 2.54. The van der Waals surface area contributed by atoms with Crippen LogP contribution >= 0.6 is 0 Å². The molecule has 1 aromatic rings. The Balaban J connectivity index is 1.36. The summed E-state index contributed by atoms with van der Waals surface area (Å²) in [6.07, 6.45) is 4.60. The average Bonchev–Trinajstić information content (AvgIpc) is 3.36. The zero-order valence-electron chi connectivity index (χ0n) is 16.2. The Morgan fingerprint density at radius 1 is 1.50 bits per heavy atom. The molecule has 3 fully saturated rings. The predicted octanol–water partition coefficient (Wildman–Crippen LogP) is 2.49. The Bertz CT molecular complexity index is 658. The topological polar surface area (TPSA) is 67.6 Å². The van der Waals surface area contributed by atoms with E-state index in [2.05, 4.69) is 29.2 Å². The summed E-state index contributed by atoms with van der Waals surface area (Å²) in [5.74, 6) is 1.82. The van der Waals surface area contributed by atoms with Gasteiger partial charge in [0.1, 0.15) is 0 Å². The normalized spacial score (nSPS) is 33.2. The van der Waals surface area contributed by atoms with Gasteiger partial charge < -0.3 is 19.5 Å². The first-order valence-electron chi connectivity index (χ1n) is 10.1. The van der Waals surface area contributed by atoms with E-state index in [1.165, 1.54) is 12.8 Å². The smallest absolute Gasteiger partial charge is 0.289 e. The second-order valence-corrected chi connectivity index (χ2v) is 8.69. The SMILES string of the molecule is CCc1cc(C(=O)NC[C@H]2[C@H]3CN(CCC(C)C)C[C@]34CC[C@H]2O4)on1. The van der Waals surface area contributed by atoms with Crippen LogP contribution in [0.3, 0.4) is 0 Å². The molecule has 4 rings (SSSR count). The van der Waals surface area contributed by atoms with Gasteiger partial charge in [0, 0.05) is 37.5 Å². The third-order valence-corrected chi connectivity index (χ3v) is 6.52. The lowest BCUT2D eigenvalue weighted by Gasteiger charge is -2.29. The van der Waals surface area contributed by atoms with Crippen molar-refractivity contribution in [2.45, 2.75) is 58.2 Å². The number of nitrogens with one attached hydrogen (secondary N) is 1. The van der Waals surface area contributed by atoms with Crippen molar-refractivity contribution in [3.05, 3.63) is 17.5 Å². The van der Waals surface area contributed by atoms with Gasteiger partial charge in [-0.3, -0.25) is 4.79 Å². The Morgan fingerprint density at radius 2 is 2.35 bits per heavy atom. The van der Waals surface area contributed by atoms with E-state index in [-0.39, 0.29) is 11.5 Å². The van der Waals surface area contributed by atoms with E-state index in [0.29, 0.717) is 30.2 Å². The molecular weight excluding hydrogens is 330 g/mol. The Kier molecular flexibility index (Phi) is 4.82. The number of carbonyl (C=O) groups is 1. The van der Waals surface area contributed by atoms with Crippen molar-refractivity contribution in [3.63, 3.8) is 0 Å².